The molecule has 0 unspecified atom stereocenters. The van der Waals surface area contributed by atoms with Gasteiger partial charge in [0.1, 0.15) is 0 Å². The Labute approximate surface area is 187 Å². The number of carbonyl (C=O) groups is 1. The van der Waals surface area contributed by atoms with E-state index in [0.717, 1.165) is 21.2 Å². The molecule has 0 aliphatic rings. The monoisotopic (exact) mass is 460 g/mol. The van der Waals surface area contributed by atoms with Gasteiger partial charge in [-0.2, -0.15) is 5.10 Å². The molecular formula is C22H25ClN4O3S. The van der Waals surface area contributed by atoms with Crippen LogP contribution in [0.15, 0.2) is 53.6 Å². The highest BCUT2D eigenvalue weighted by Gasteiger charge is 2.23. The van der Waals surface area contributed by atoms with E-state index in [-0.39, 0.29) is 16.7 Å². The van der Waals surface area contributed by atoms with Crippen LogP contribution in [0.3, 0.4) is 0 Å². The summed E-state index contributed by atoms with van der Waals surface area (Å²) in [4.78, 5) is 13.3. The Bertz CT molecular complexity index is 1230. The maximum absolute atomic E-state index is 13.1. The Morgan fingerprint density at radius 1 is 1.16 bits per heavy atom. The van der Waals surface area contributed by atoms with Gasteiger partial charge in [-0.05, 0) is 48.7 Å². The second-order valence-corrected chi connectivity index (χ2v) is 10.3. The van der Waals surface area contributed by atoms with Crippen molar-refractivity contribution in [3.05, 3.63) is 70.5 Å². The number of nitrogens with one attached hydrogen (secondary N) is 1. The molecule has 9 heteroatoms. The van der Waals surface area contributed by atoms with Gasteiger partial charge >= 0.3 is 0 Å². The third-order valence-corrected chi connectivity index (χ3v) is 6.93. The standard InChI is InChI=1S/C22H25ClN4O3S/c1-14(2)21-19(13-24-27(21)17-8-6-7-16(23)11-17)22(28)25-20-12-18(10-9-15(20)3)31(29,30)26(4)5/h6-14H,1-5H3,(H,25,28). The highest BCUT2D eigenvalue weighted by Crippen LogP contribution is 2.27. The van der Waals surface area contributed by atoms with Gasteiger partial charge in [-0.3, -0.25) is 4.79 Å². The number of nitrogens with zero attached hydrogens (tertiary/aromatic N) is 3. The van der Waals surface area contributed by atoms with Crippen molar-refractivity contribution in [2.75, 3.05) is 19.4 Å². The van der Waals surface area contributed by atoms with E-state index >= 15 is 0 Å². The molecule has 7 nitrogen and oxygen atoms in total. The van der Waals surface area contributed by atoms with Gasteiger partial charge < -0.3 is 5.32 Å². The summed E-state index contributed by atoms with van der Waals surface area (Å²) in [6.07, 6.45) is 1.52. The Kier molecular flexibility index (Phi) is 6.54. The minimum atomic E-state index is -3.62. The molecule has 0 saturated carbocycles. The molecule has 1 amide bonds. The van der Waals surface area contributed by atoms with Crippen molar-refractivity contribution in [3.8, 4) is 5.69 Å². The minimum absolute atomic E-state index is 0.00350. The Morgan fingerprint density at radius 2 is 1.87 bits per heavy atom. The van der Waals surface area contributed by atoms with E-state index in [0.29, 0.717) is 16.3 Å². The maximum Gasteiger partial charge on any atom is 0.259 e. The van der Waals surface area contributed by atoms with Gasteiger partial charge in [-0.15, -0.1) is 0 Å². The van der Waals surface area contributed by atoms with Gasteiger partial charge in [-0.25, -0.2) is 17.4 Å². The number of amides is 1. The summed E-state index contributed by atoms with van der Waals surface area (Å²) >= 11 is 6.12. The van der Waals surface area contributed by atoms with Crippen LogP contribution in [-0.4, -0.2) is 42.5 Å². The van der Waals surface area contributed by atoms with Crippen molar-refractivity contribution in [2.45, 2.75) is 31.6 Å². The lowest BCUT2D eigenvalue weighted by Gasteiger charge is -2.15. The predicted octanol–water partition coefficient (Wildman–Crippen LogP) is 4.46. The van der Waals surface area contributed by atoms with Crippen LogP contribution >= 0.6 is 11.6 Å². The van der Waals surface area contributed by atoms with Crippen molar-refractivity contribution in [1.29, 1.82) is 0 Å². The second-order valence-electron chi connectivity index (χ2n) is 7.71. The molecule has 31 heavy (non-hydrogen) atoms. The van der Waals surface area contributed by atoms with Gasteiger partial charge in [0.25, 0.3) is 5.91 Å². The second kappa shape index (κ2) is 8.82. The largest absolute Gasteiger partial charge is 0.322 e. The third-order valence-electron chi connectivity index (χ3n) is 4.89. The van der Waals surface area contributed by atoms with Crippen LogP contribution in [0.25, 0.3) is 5.69 Å². The first-order valence-corrected chi connectivity index (χ1v) is 11.5. The molecule has 0 fully saturated rings. The lowest BCUT2D eigenvalue weighted by Crippen LogP contribution is -2.22. The van der Waals surface area contributed by atoms with Gasteiger partial charge in [0.2, 0.25) is 10.0 Å². The number of hydrogen-bond acceptors (Lipinski definition) is 4. The van der Waals surface area contributed by atoms with Gasteiger partial charge in [0.15, 0.2) is 0 Å². The predicted molar refractivity (Wildman–Crippen MR) is 123 cm³/mol. The number of benzene rings is 2. The van der Waals surface area contributed by atoms with Crippen LogP contribution in [0.2, 0.25) is 5.02 Å². The van der Waals surface area contributed by atoms with Crippen molar-refractivity contribution in [2.24, 2.45) is 0 Å². The van der Waals surface area contributed by atoms with E-state index in [2.05, 4.69) is 10.4 Å². The summed E-state index contributed by atoms with van der Waals surface area (Å²) in [6.45, 7) is 5.76. The zero-order valence-electron chi connectivity index (χ0n) is 18.0. The van der Waals surface area contributed by atoms with E-state index in [1.165, 1.54) is 32.4 Å². The zero-order valence-corrected chi connectivity index (χ0v) is 19.6. The molecule has 0 aliphatic carbocycles. The van der Waals surface area contributed by atoms with E-state index < -0.39 is 10.0 Å². The lowest BCUT2D eigenvalue weighted by molar-refractivity contribution is 0.102. The molecule has 0 atom stereocenters. The number of aryl methyl sites for hydroxylation is 1. The van der Waals surface area contributed by atoms with Crippen LogP contribution in [0.1, 0.15) is 41.4 Å². The minimum Gasteiger partial charge on any atom is -0.322 e. The first kappa shape index (κ1) is 23.0. The first-order valence-electron chi connectivity index (χ1n) is 9.70. The highest BCUT2D eigenvalue weighted by molar-refractivity contribution is 7.89. The molecule has 3 rings (SSSR count). The summed E-state index contributed by atoms with van der Waals surface area (Å²) < 4.78 is 27.8. The fourth-order valence-electron chi connectivity index (χ4n) is 3.20. The van der Waals surface area contributed by atoms with E-state index in [9.17, 15) is 13.2 Å². The molecule has 3 aromatic rings. The number of halogens is 1. The summed E-state index contributed by atoms with van der Waals surface area (Å²) in [7, 11) is -0.691. The molecule has 0 spiro atoms. The highest BCUT2D eigenvalue weighted by atomic mass is 35.5. The molecule has 0 aliphatic heterocycles. The fourth-order valence-corrected chi connectivity index (χ4v) is 4.31. The molecule has 1 heterocycles. The summed E-state index contributed by atoms with van der Waals surface area (Å²) in [6, 6.07) is 11.9. The lowest BCUT2D eigenvalue weighted by atomic mass is 10.0. The molecule has 0 radical (unpaired) electrons. The number of carbonyl (C=O) groups excluding carboxylic acids is 1. The average Bonchev–Trinajstić information content (AvgIpc) is 3.15. The number of sulfonamides is 1. The molecule has 2 aromatic carbocycles. The Balaban J connectivity index is 2.00. The van der Waals surface area contributed by atoms with E-state index in [4.69, 9.17) is 11.6 Å². The van der Waals surface area contributed by atoms with Crippen LogP contribution in [0.4, 0.5) is 5.69 Å². The number of aromatic nitrogens is 2. The SMILES string of the molecule is Cc1ccc(S(=O)(=O)N(C)C)cc1NC(=O)c1cnn(-c2cccc(Cl)c2)c1C(C)C. The van der Waals surface area contributed by atoms with Crippen molar-refractivity contribution in [1.82, 2.24) is 14.1 Å². The van der Waals surface area contributed by atoms with Gasteiger partial charge in [0.05, 0.1) is 28.0 Å². The Morgan fingerprint density at radius 3 is 2.48 bits per heavy atom. The average molecular weight is 461 g/mol. The maximum atomic E-state index is 13.1. The van der Waals surface area contributed by atoms with Crippen molar-refractivity contribution < 1.29 is 13.2 Å². The van der Waals surface area contributed by atoms with Crippen molar-refractivity contribution >= 4 is 33.2 Å². The van der Waals surface area contributed by atoms with E-state index in [1.807, 2.05) is 26.0 Å². The molecule has 0 saturated heterocycles. The van der Waals surface area contributed by atoms with Gasteiger partial charge in [-0.1, -0.05) is 37.6 Å². The molecular weight excluding hydrogens is 436 g/mol. The summed E-state index contributed by atoms with van der Waals surface area (Å²) in [5.74, 6) is -0.358. The molecule has 1 N–H and O–H groups in total. The number of hydrogen-bond donors (Lipinski definition) is 1. The first-order chi connectivity index (χ1) is 14.5. The summed E-state index contributed by atoms with van der Waals surface area (Å²) in [5.41, 5.74) is 3.08. The normalized spacial score (nSPS) is 11.9. The Hall–Kier alpha value is -2.68. The van der Waals surface area contributed by atoms with Crippen LogP contribution < -0.4 is 5.32 Å². The van der Waals surface area contributed by atoms with E-state index in [1.54, 1.807) is 29.8 Å². The smallest absolute Gasteiger partial charge is 0.259 e. The molecule has 164 valence electrons. The fraction of sp³-hybridized carbons (Fsp3) is 0.273. The van der Waals surface area contributed by atoms with Crippen molar-refractivity contribution in [3.63, 3.8) is 0 Å². The quantitative estimate of drug-likeness (QED) is 0.588. The molecule has 0 bridgehead atoms. The third kappa shape index (κ3) is 4.66. The number of rotatable bonds is 6. The topological polar surface area (TPSA) is 84.3 Å². The van der Waals surface area contributed by atoms with Gasteiger partial charge in [0, 0.05) is 24.8 Å². The van der Waals surface area contributed by atoms with Crippen LogP contribution in [-0.2, 0) is 10.0 Å². The summed E-state index contributed by atoms with van der Waals surface area (Å²) in [5, 5.41) is 7.83. The zero-order chi connectivity index (χ0) is 22.9. The van der Waals surface area contributed by atoms with Crippen LogP contribution in [0, 0.1) is 6.92 Å². The molecule has 1 aromatic heterocycles. The van der Waals surface area contributed by atoms with Crippen LogP contribution in [0.5, 0.6) is 0 Å². The number of anilines is 1.